The Morgan fingerprint density at radius 1 is 1.16 bits per heavy atom. The number of carbonyl (C=O) groups excluding carboxylic acids is 1. The zero-order valence-corrected chi connectivity index (χ0v) is 16.8. The molecule has 1 heterocycles. The van der Waals surface area contributed by atoms with E-state index in [2.05, 4.69) is 4.98 Å². The number of aryl methyl sites for hydroxylation is 1. The highest BCUT2D eigenvalue weighted by molar-refractivity contribution is 5.92. The van der Waals surface area contributed by atoms with E-state index >= 15 is 0 Å². The molecule has 32 heavy (non-hydrogen) atoms. The van der Waals surface area contributed by atoms with Gasteiger partial charge in [-0.1, -0.05) is 30.3 Å². The number of carbonyl (C=O) groups is 1. The van der Waals surface area contributed by atoms with Gasteiger partial charge in [0.2, 0.25) is 0 Å². The molecule has 3 aromatic rings. The SMILES string of the molecule is Cc1ncc([N+](=O)[O-])n1CCOC(=O)c1ccccc1OCc1ccccc1C(F)(F)F. The molecule has 0 atom stereocenters. The number of halogens is 3. The van der Waals surface area contributed by atoms with E-state index in [9.17, 15) is 28.1 Å². The summed E-state index contributed by atoms with van der Waals surface area (Å²) < 4.78 is 51.5. The minimum absolute atomic E-state index is 0.00979. The van der Waals surface area contributed by atoms with Crippen LogP contribution in [0.2, 0.25) is 0 Å². The van der Waals surface area contributed by atoms with Gasteiger partial charge in [0.15, 0.2) is 5.82 Å². The summed E-state index contributed by atoms with van der Waals surface area (Å²) in [6, 6.07) is 11.0. The standard InChI is InChI=1S/C21H18F3N3O5/c1-14-25-12-19(27(29)30)26(14)10-11-31-20(28)16-7-3-5-9-18(16)32-13-15-6-2-4-8-17(15)21(22,23)24/h2-9,12H,10-11,13H2,1H3. The Morgan fingerprint density at radius 3 is 2.56 bits per heavy atom. The fourth-order valence-electron chi connectivity index (χ4n) is 3.03. The van der Waals surface area contributed by atoms with E-state index in [1.807, 2.05) is 0 Å². The van der Waals surface area contributed by atoms with Crippen LogP contribution in [0.15, 0.2) is 54.7 Å². The molecule has 2 aromatic carbocycles. The largest absolute Gasteiger partial charge is 0.488 e. The number of nitro groups is 1. The van der Waals surface area contributed by atoms with Crippen LogP contribution in [-0.2, 0) is 24.1 Å². The first-order chi connectivity index (χ1) is 15.2. The highest BCUT2D eigenvalue weighted by Crippen LogP contribution is 2.32. The molecular formula is C21H18F3N3O5. The first kappa shape index (κ1) is 22.8. The van der Waals surface area contributed by atoms with Gasteiger partial charge in [-0.2, -0.15) is 13.2 Å². The van der Waals surface area contributed by atoms with Gasteiger partial charge in [-0.15, -0.1) is 0 Å². The second-order valence-corrected chi connectivity index (χ2v) is 6.65. The highest BCUT2D eigenvalue weighted by Gasteiger charge is 2.33. The molecule has 11 heteroatoms. The fourth-order valence-corrected chi connectivity index (χ4v) is 3.03. The summed E-state index contributed by atoms with van der Waals surface area (Å²) in [5.41, 5.74) is -0.878. The zero-order valence-electron chi connectivity index (χ0n) is 16.8. The van der Waals surface area contributed by atoms with E-state index in [1.54, 1.807) is 19.1 Å². The van der Waals surface area contributed by atoms with Crippen LogP contribution < -0.4 is 4.74 Å². The summed E-state index contributed by atoms with van der Waals surface area (Å²) in [6.45, 7) is 1.01. The van der Waals surface area contributed by atoms with Gasteiger partial charge in [-0.25, -0.2) is 14.3 Å². The third-order valence-corrected chi connectivity index (χ3v) is 4.58. The van der Waals surface area contributed by atoms with Crippen molar-refractivity contribution in [2.24, 2.45) is 0 Å². The maximum Gasteiger partial charge on any atom is 0.416 e. The van der Waals surface area contributed by atoms with Gasteiger partial charge >= 0.3 is 18.0 Å². The predicted octanol–water partition coefficient (Wildman–Crippen LogP) is 4.55. The Morgan fingerprint density at radius 2 is 1.84 bits per heavy atom. The molecule has 0 N–H and O–H groups in total. The number of alkyl halides is 3. The Hall–Kier alpha value is -3.89. The second kappa shape index (κ2) is 9.50. The van der Waals surface area contributed by atoms with E-state index in [1.165, 1.54) is 34.9 Å². The lowest BCUT2D eigenvalue weighted by atomic mass is 10.1. The molecule has 0 spiro atoms. The molecule has 0 amide bonds. The Balaban J connectivity index is 1.68. The van der Waals surface area contributed by atoms with E-state index in [0.717, 1.165) is 12.3 Å². The monoisotopic (exact) mass is 449 g/mol. The third kappa shape index (κ3) is 5.23. The molecule has 8 nitrogen and oxygen atoms in total. The summed E-state index contributed by atoms with van der Waals surface area (Å²) >= 11 is 0. The van der Waals surface area contributed by atoms with Crippen molar-refractivity contribution in [3.05, 3.63) is 87.4 Å². The molecular weight excluding hydrogens is 431 g/mol. The number of esters is 1. The normalized spacial score (nSPS) is 11.2. The van der Waals surface area contributed by atoms with Gasteiger partial charge in [0.05, 0.1) is 5.56 Å². The second-order valence-electron chi connectivity index (χ2n) is 6.65. The molecule has 0 saturated carbocycles. The fraction of sp³-hybridized carbons (Fsp3) is 0.238. The van der Waals surface area contributed by atoms with E-state index in [0.29, 0.717) is 5.82 Å². The van der Waals surface area contributed by atoms with Crippen molar-refractivity contribution >= 4 is 11.8 Å². The van der Waals surface area contributed by atoms with E-state index in [4.69, 9.17) is 9.47 Å². The van der Waals surface area contributed by atoms with Crippen LogP contribution in [0.3, 0.4) is 0 Å². The molecule has 0 fully saturated rings. The van der Waals surface area contributed by atoms with Crippen LogP contribution in [0.4, 0.5) is 19.0 Å². The lowest BCUT2D eigenvalue weighted by Gasteiger charge is -2.15. The van der Waals surface area contributed by atoms with Crippen LogP contribution in [0.25, 0.3) is 0 Å². The van der Waals surface area contributed by atoms with Crippen molar-refractivity contribution in [1.29, 1.82) is 0 Å². The maximum absolute atomic E-state index is 13.2. The summed E-state index contributed by atoms with van der Waals surface area (Å²) in [4.78, 5) is 26.8. The zero-order chi connectivity index (χ0) is 23.3. The van der Waals surface area contributed by atoms with Crippen LogP contribution in [0, 0.1) is 17.0 Å². The van der Waals surface area contributed by atoms with Gasteiger partial charge in [0.1, 0.15) is 37.3 Å². The van der Waals surface area contributed by atoms with Gasteiger partial charge in [-0.3, -0.25) is 0 Å². The Bertz CT molecular complexity index is 1130. The molecule has 0 radical (unpaired) electrons. The van der Waals surface area contributed by atoms with Crippen molar-refractivity contribution in [3.8, 4) is 5.75 Å². The van der Waals surface area contributed by atoms with Crippen LogP contribution in [-0.4, -0.2) is 27.1 Å². The van der Waals surface area contributed by atoms with Gasteiger partial charge in [0.25, 0.3) is 0 Å². The number of ether oxygens (including phenoxy) is 2. The smallest absolute Gasteiger partial charge is 0.416 e. The van der Waals surface area contributed by atoms with Gasteiger partial charge in [0, 0.05) is 12.5 Å². The van der Waals surface area contributed by atoms with Crippen molar-refractivity contribution < 1.29 is 32.4 Å². The summed E-state index contributed by atoms with van der Waals surface area (Å²) in [7, 11) is 0. The lowest BCUT2D eigenvalue weighted by molar-refractivity contribution is -0.392. The molecule has 3 rings (SSSR count). The number of hydrogen-bond acceptors (Lipinski definition) is 6. The quantitative estimate of drug-likeness (QED) is 0.284. The van der Waals surface area contributed by atoms with Crippen molar-refractivity contribution in [3.63, 3.8) is 0 Å². The molecule has 1 aromatic heterocycles. The predicted molar refractivity (Wildman–Crippen MR) is 106 cm³/mol. The van der Waals surface area contributed by atoms with Gasteiger partial charge in [-0.05, 0) is 23.1 Å². The number of rotatable bonds is 8. The highest BCUT2D eigenvalue weighted by atomic mass is 19.4. The van der Waals surface area contributed by atoms with Crippen molar-refractivity contribution in [1.82, 2.24) is 9.55 Å². The Labute approximate surface area is 180 Å². The molecule has 0 unspecified atom stereocenters. The number of nitrogens with zero attached hydrogens (tertiary/aromatic N) is 3. The van der Waals surface area contributed by atoms with Crippen molar-refractivity contribution in [2.45, 2.75) is 26.3 Å². The summed E-state index contributed by atoms with van der Waals surface area (Å²) in [6.07, 6.45) is -3.43. The average Bonchev–Trinajstić information content (AvgIpc) is 3.12. The van der Waals surface area contributed by atoms with Crippen LogP contribution in [0.5, 0.6) is 5.75 Å². The number of benzene rings is 2. The van der Waals surface area contributed by atoms with E-state index < -0.39 is 29.2 Å². The minimum atomic E-state index is -4.54. The van der Waals surface area contributed by atoms with Crippen LogP contribution in [0.1, 0.15) is 27.3 Å². The minimum Gasteiger partial charge on any atom is -0.488 e. The summed E-state index contributed by atoms with van der Waals surface area (Å²) in [5.74, 6) is -0.560. The lowest BCUT2D eigenvalue weighted by Crippen LogP contribution is -2.15. The average molecular weight is 449 g/mol. The molecule has 0 aliphatic heterocycles. The number of aromatic nitrogens is 2. The molecule has 0 aliphatic carbocycles. The van der Waals surface area contributed by atoms with Gasteiger partial charge < -0.3 is 19.6 Å². The topological polar surface area (TPSA) is 96.5 Å². The first-order valence-corrected chi connectivity index (χ1v) is 9.39. The molecule has 168 valence electrons. The number of para-hydroxylation sites is 1. The first-order valence-electron chi connectivity index (χ1n) is 9.39. The Kier molecular flexibility index (Phi) is 6.76. The molecule has 0 saturated heterocycles. The van der Waals surface area contributed by atoms with E-state index in [-0.39, 0.29) is 35.8 Å². The van der Waals surface area contributed by atoms with Crippen LogP contribution >= 0.6 is 0 Å². The molecule has 0 bridgehead atoms. The summed E-state index contributed by atoms with van der Waals surface area (Å²) in [5, 5.41) is 11.0. The number of imidazole rings is 1. The maximum atomic E-state index is 13.2. The molecule has 0 aliphatic rings. The van der Waals surface area contributed by atoms with Crippen molar-refractivity contribution in [2.75, 3.05) is 6.61 Å². The number of hydrogen-bond donors (Lipinski definition) is 0. The third-order valence-electron chi connectivity index (χ3n) is 4.58.